The number of esters is 1. The molecular formula is C15H18N4O3S. The number of thioether (sulfide) groups is 1. The zero-order chi connectivity index (χ0) is 16.7. The minimum Gasteiger partial charge on any atom is -0.455 e. The molecule has 0 unspecified atom stereocenters. The van der Waals surface area contributed by atoms with Gasteiger partial charge in [0.2, 0.25) is 0 Å². The van der Waals surface area contributed by atoms with E-state index in [1.807, 2.05) is 41.8 Å². The van der Waals surface area contributed by atoms with Crippen LogP contribution in [0.1, 0.15) is 6.92 Å². The predicted octanol–water partition coefficient (Wildman–Crippen LogP) is 1.35. The summed E-state index contributed by atoms with van der Waals surface area (Å²) in [5, 5.41) is 11.4. The third kappa shape index (κ3) is 4.56. The van der Waals surface area contributed by atoms with E-state index in [0.717, 1.165) is 11.4 Å². The molecule has 1 aromatic carbocycles. The lowest BCUT2D eigenvalue weighted by Gasteiger charge is -2.07. The van der Waals surface area contributed by atoms with E-state index in [2.05, 4.69) is 15.5 Å². The molecule has 23 heavy (non-hydrogen) atoms. The number of ether oxygens (including phenoxy) is 1. The van der Waals surface area contributed by atoms with Gasteiger partial charge in [-0.1, -0.05) is 42.1 Å². The standard InChI is InChI=1S/C15H18N4O3S/c1-3-19-14(11-7-5-4-6-8-11)17-18-15(19)23-10-13(21)22-9-12(20)16-2/h4-8H,3,9-10H2,1-2H3,(H,16,20). The van der Waals surface area contributed by atoms with Gasteiger partial charge in [0.15, 0.2) is 17.6 Å². The molecule has 8 heteroatoms. The summed E-state index contributed by atoms with van der Waals surface area (Å²) in [5.74, 6) is 0.0236. The number of aromatic nitrogens is 3. The monoisotopic (exact) mass is 334 g/mol. The summed E-state index contributed by atoms with van der Waals surface area (Å²) in [4.78, 5) is 22.7. The van der Waals surface area contributed by atoms with Gasteiger partial charge < -0.3 is 14.6 Å². The van der Waals surface area contributed by atoms with Gasteiger partial charge in [-0.05, 0) is 6.92 Å². The summed E-state index contributed by atoms with van der Waals surface area (Å²) < 4.78 is 6.79. The maximum Gasteiger partial charge on any atom is 0.316 e. The molecule has 0 bridgehead atoms. The molecule has 0 aliphatic rings. The third-order valence-corrected chi connectivity index (χ3v) is 3.97. The van der Waals surface area contributed by atoms with Gasteiger partial charge in [-0.25, -0.2) is 0 Å². The molecule has 7 nitrogen and oxygen atoms in total. The van der Waals surface area contributed by atoms with Crippen LogP contribution >= 0.6 is 11.8 Å². The van der Waals surface area contributed by atoms with Crippen LogP contribution in [0.15, 0.2) is 35.5 Å². The largest absolute Gasteiger partial charge is 0.455 e. The summed E-state index contributed by atoms with van der Waals surface area (Å²) in [6.07, 6.45) is 0. The van der Waals surface area contributed by atoms with Gasteiger partial charge in [0.1, 0.15) is 0 Å². The highest BCUT2D eigenvalue weighted by molar-refractivity contribution is 7.99. The Hall–Kier alpha value is -2.35. The molecule has 2 aromatic rings. The molecule has 2 rings (SSSR count). The summed E-state index contributed by atoms with van der Waals surface area (Å²) in [6, 6.07) is 9.73. The molecule has 122 valence electrons. The topological polar surface area (TPSA) is 86.1 Å². The van der Waals surface area contributed by atoms with Crippen molar-refractivity contribution in [2.24, 2.45) is 0 Å². The summed E-state index contributed by atoms with van der Waals surface area (Å²) in [7, 11) is 1.49. The van der Waals surface area contributed by atoms with E-state index in [1.165, 1.54) is 18.8 Å². The molecule has 0 spiro atoms. The van der Waals surface area contributed by atoms with Crippen molar-refractivity contribution in [3.8, 4) is 11.4 Å². The first-order valence-corrected chi connectivity index (χ1v) is 8.11. The van der Waals surface area contributed by atoms with E-state index in [4.69, 9.17) is 4.74 Å². The van der Waals surface area contributed by atoms with Gasteiger partial charge in [-0.15, -0.1) is 10.2 Å². The van der Waals surface area contributed by atoms with E-state index >= 15 is 0 Å². The van der Waals surface area contributed by atoms with Gasteiger partial charge in [0.05, 0.1) is 5.75 Å². The van der Waals surface area contributed by atoms with E-state index in [0.29, 0.717) is 11.7 Å². The smallest absolute Gasteiger partial charge is 0.316 e. The van der Waals surface area contributed by atoms with Crippen LogP contribution in [0.4, 0.5) is 0 Å². The van der Waals surface area contributed by atoms with E-state index < -0.39 is 5.97 Å². The molecule has 0 saturated carbocycles. The first-order valence-electron chi connectivity index (χ1n) is 7.13. The van der Waals surface area contributed by atoms with Crippen LogP contribution in [0.2, 0.25) is 0 Å². The summed E-state index contributed by atoms with van der Waals surface area (Å²) in [5.41, 5.74) is 0.968. The Morgan fingerprint density at radius 2 is 2.00 bits per heavy atom. The number of likely N-dealkylation sites (N-methyl/N-ethyl adjacent to an activating group) is 1. The van der Waals surface area contributed by atoms with Crippen molar-refractivity contribution >= 4 is 23.6 Å². The lowest BCUT2D eigenvalue weighted by atomic mass is 10.2. The maximum atomic E-state index is 11.6. The molecule has 0 aliphatic carbocycles. The van der Waals surface area contributed by atoms with Gasteiger partial charge in [-0.2, -0.15) is 0 Å². The van der Waals surface area contributed by atoms with Crippen molar-refractivity contribution in [2.45, 2.75) is 18.6 Å². The minimum absolute atomic E-state index is 0.0733. The third-order valence-electron chi connectivity index (χ3n) is 3.03. The molecule has 0 fully saturated rings. The highest BCUT2D eigenvalue weighted by Gasteiger charge is 2.15. The fourth-order valence-corrected chi connectivity index (χ4v) is 2.66. The van der Waals surface area contributed by atoms with Gasteiger partial charge in [0, 0.05) is 19.2 Å². The number of nitrogens with one attached hydrogen (secondary N) is 1. The second-order valence-corrected chi connectivity index (χ2v) is 5.48. The van der Waals surface area contributed by atoms with Crippen LogP contribution in [0.5, 0.6) is 0 Å². The van der Waals surface area contributed by atoms with Crippen molar-refractivity contribution in [1.29, 1.82) is 0 Å². The molecule has 1 amide bonds. The van der Waals surface area contributed by atoms with Gasteiger partial charge in [0.25, 0.3) is 5.91 Å². The normalized spacial score (nSPS) is 10.3. The minimum atomic E-state index is -0.467. The average molecular weight is 334 g/mol. The first kappa shape index (κ1) is 17.0. The number of rotatable bonds is 7. The SMILES string of the molecule is CCn1c(SCC(=O)OCC(=O)NC)nnc1-c1ccccc1. The van der Waals surface area contributed by atoms with Gasteiger partial charge >= 0.3 is 5.97 Å². The Balaban J connectivity index is 2.00. The fraction of sp³-hybridized carbons (Fsp3) is 0.333. The molecule has 1 heterocycles. The van der Waals surface area contributed by atoms with Crippen LogP contribution < -0.4 is 5.32 Å². The highest BCUT2D eigenvalue weighted by Crippen LogP contribution is 2.23. The Morgan fingerprint density at radius 3 is 2.65 bits per heavy atom. The molecule has 0 radical (unpaired) electrons. The Kier molecular flexibility index (Phi) is 6.16. The van der Waals surface area contributed by atoms with Crippen molar-refractivity contribution in [1.82, 2.24) is 20.1 Å². The summed E-state index contributed by atoms with van der Waals surface area (Å²) in [6.45, 7) is 2.41. The van der Waals surface area contributed by atoms with Crippen LogP contribution in [0.25, 0.3) is 11.4 Å². The van der Waals surface area contributed by atoms with Crippen LogP contribution in [-0.4, -0.2) is 46.0 Å². The zero-order valence-corrected chi connectivity index (χ0v) is 13.8. The van der Waals surface area contributed by atoms with Crippen molar-refractivity contribution in [3.63, 3.8) is 0 Å². The van der Waals surface area contributed by atoms with Gasteiger partial charge in [-0.3, -0.25) is 9.59 Å². The predicted molar refractivity (Wildman–Crippen MR) is 86.9 cm³/mol. The number of carbonyl (C=O) groups is 2. The van der Waals surface area contributed by atoms with Crippen molar-refractivity contribution in [3.05, 3.63) is 30.3 Å². The number of hydrogen-bond acceptors (Lipinski definition) is 6. The van der Waals surface area contributed by atoms with E-state index in [-0.39, 0.29) is 18.3 Å². The molecule has 0 aliphatic heterocycles. The molecule has 0 atom stereocenters. The number of carbonyl (C=O) groups excluding carboxylic acids is 2. The Morgan fingerprint density at radius 1 is 1.26 bits per heavy atom. The molecular weight excluding hydrogens is 316 g/mol. The van der Waals surface area contributed by atoms with E-state index in [9.17, 15) is 9.59 Å². The van der Waals surface area contributed by atoms with Crippen molar-refractivity contribution in [2.75, 3.05) is 19.4 Å². The second kappa shape index (κ2) is 8.33. The quantitative estimate of drug-likeness (QED) is 0.607. The number of nitrogens with zero attached hydrogens (tertiary/aromatic N) is 3. The molecule has 0 saturated heterocycles. The maximum absolute atomic E-state index is 11.6. The highest BCUT2D eigenvalue weighted by atomic mass is 32.2. The number of hydrogen-bond donors (Lipinski definition) is 1. The molecule has 1 aromatic heterocycles. The van der Waals surface area contributed by atoms with Crippen molar-refractivity contribution < 1.29 is 14.3 Å². The lowest BCUT2D eigenvalue weighted by molar-refractivity contribution is -0.145. The molecule has 1 N–H and O–H groups in total. The lowest BCUT2D eigenvalue weighted by Crippen LogP contribution is -2.25. The fourth-order valence-electron chi connectivity index (χ4n) is 1.86. The number of amides is 1. The zero-order valence-electron chi connectivity index (χ0n) is 13.0. The average Bonchev–Trinajstić information content (AvgIpc) is 3.01. The Bertz CT molecular complexity index is 673. The number of benzene rings is 1. The Labute approximate surface area is 138 Å². The van der Waals surface area contributed by atoms with E-state index in [1.54, 1.807) is 0 Å². The van der Waals surface area contributed by atoms with Crippen LogP contribution in [0, 0.1) is 0 Å². The summed E-state index contributed by atoms with van der Waals surface area (Å²) >= 11 is 1.24. The van der Waals surface area contributed by atoms with Crippen LogP contribution in [0.3, 0.4) is 0 Å². The first-order chi connectivity index (χ1) is 11.2. The van der Waals surface area contributed by atoms with Crippen LogP contribution in [-0.2, 0) is 20.9 Å². The second-order valence-electron chi connectivity index (χ2n) is 4.54.